The number of rotatable bonds is 3. The van der Waals surface area contributed by atoms with Crippen molar-refractivity contribution >= 4 is 11.3 Å². The molecule has 2 heteroatoms. The third-order valence-electron chi connectivity index (χ3n) is 5.73. The van der Waals surface area contributed by atoms with Crippen LogP contribution in [0.4, 0.5) is 0 Å². The van der Waals surface area contributed by atoms with E-state index in [9.17, 15) is 0 Å². The molecular formula is C16H25NS. The number of hydrogen-bond acceptors (Lipinski definition) is 2. The van der Waals surface area contributed by atoms with Gasteiger partial charge in [-0.3, -0.25) is 0 Å². The fourth-order valence-electron chi connectivity index (χ4n) is 4.59. The van der Waals surface area contributed by atoms with Crippen molar-refractivity contribution < 1.29 is 0 Å². The minimum Gasteiger partial charge on any atom is -0.309 e. The average Bonchev–Trinajstić information content (AvgIpc) is 2.90. The van der Waals surface area contributed by atoms with Crippen molar-refractivity contribution in [3.05, 3.63) is 21.9 Å². The molecule has 100 valence electrons. The summed E-state index contributed by atoms with van der Waals surface area (Å²) in [6.07, 6.45) is 4.29. The molecule has 2 aliphatic carbocycles. The van der Waals surface area contributed by atoms with Crippen LogP contribution in [0.1, 0.15) is 51.2 Å². The third kappa shape index (κ3) is 1.77. The second-order valence-corrected chi connectivity index (χ2v) is 8.05. The van der Waals surface area contributed by atoms with Crippen molar-refractivity contribution in [3.63, 3.8) is 0 Å². The Kier molecular flexibility index (Phi) is 2.87. The first-order valence-corrected chi connectivity index (χ1v) is 8.13. The van der Waals surface area contributed by atoms with Crippen molar-refractivity contribution in [2.45, 2.75) is 59.5 Å². The molecule has 3 rings (SSSR count). The molecule has 0 aromatic carbocycles. The zero-order valence-electron chi connectivity index (χ0n) is 12.0. The highest BCUT2D eigenvalue weighted by Gasteiger charge is 2.58. The Morgan fingerprint density at radius 3 is 2.67 bits per heavy atom. The van der Waals surface area contributed by atoms with E-state index >= 15 is 0 Å². The van der Waals surface area contributed by atoms with E-state index in [-0.39, 0.29) is 0 Å². The van der Waals surface area contributed by atoms with E-state index in [0.29, 0.717) is 16.9 Å². The van der Waals surface area contributed by atoms with Crippen LogP contribution >= 0.6 is 11.3 Å². The zero-order valence-corrected chi connectivity index (χ0v) is 12.9. The molecule has 2 bridgehead atoms. The smallest absolute Gasteiger partial charge is 0.0219 e. The summed E-state index contributed by atoms with van der Waals surface area (Å²) in [5, 5.41) is 8.44. The minimum absolute atomic E-state index is 0.469. The van der Waals surface area contributed by atoms with Crippen molar-refractivity contribution in [1.82, 2.24) is 5.32 Å². The number of thiophene rings is 1. The number of fused-ring (bicyclic) bond motifs is 2. The molecule has 1 heterocycles. The van der Waals surface area contributed by atoms with Crippen LogP contribution in [0.3, 0.4) is 0 Å². The Balaban J connectivity index is 1.74. The number of aryl methyl sites for hydroxylation is 1. The average molecular weight is 263 g/mol. The van der Waals surface area contributed by atoms with Gasteiger partial charge in [0.25, 0.3) is 0 Å². The van der Waals surface area contributed by atoms with Gasteiger partial charge < -0.3 is 5.32 Å². The summed E-state index contributed by atoms with van der Waals surface area (Å²) in [5.74, 6) is 0.934. The van der Waals surface area contributed by atoms with Crippen molar-refractivity contribution in [2.75, 3.05) is 0 Å². The van der Waals surface area contributed by atoms with Gasteiger partial charge in [0.15, 0.2) is 0 Å². The van der Waals surface area contributed by atoms with E-state index in [1.807, 2.05) is 11.3 Å². The lowest BCUT2D eigenvalue weighted by molar-refractivity contribution is 0.108. The maximum absolute atomic E-state index is 3.89. The Morgan fingerprint density at radius 2 is 2.11 bits per heavy atom. The predicted molar refractivity (Wildman–Crippen MR) is 78.9 cm³/mol. The summed E-state index contributed by atoms with van der Waals surface area (Å²) in [6, 6.07) is 0.683. The molecule has 3 atom stereocenters. The Labute approximate surface area is 115 Å². The van der Waals surface area contributed by atoms with Gasteiger partial charge in [-0.25, -0.2) is 0 Å². The van der Waals surface area contributed by atoms with E-state index in [2.05, 4.69) is 43.8 Å². The maximum atomic E-state index is 3.89. The normalized spacial score (nSPS) is 37.3. The molecule has 3 unspecified atom stereocenters. The van der Waals surface area contributed by atoms with E-state index in [0.717, 1.165) is 12.5 Å². The van der Waals surface area contributed by atoms with Crippen LogP contribution in [0, 0.1) is 23.7 Å². The van der Waals surface area contributed by atoms with Crippen LogP contribution in [0.15, 0.2) is 10.8 Å². The Hall–Kier alpha value is -0.340. The molecule has 1 nitrogen and oxygen atoms in total. The second kappa shape index (κ2) is 4.08. The minimum atomic E-state index is 0.469. The molecule has 2 aliphatic rings. The highest BCUT2D eigenvalue weighted by Crippen LogP contribution is 2.62. The van der Waals surface area contributed by atoms with Crippen molar-refractivity contribution in [3.8, 4) is 0 Å². The lowest BCUT2D eigenvalue weighted by Gasteiger charge is -2.43. The van der Waals surface area contributed by atoms with Gasteiger partial charge in [-0.05, 0) is 64.8 Å². The molecule has 2 fully saturated rings. The van der Waals surface area contributed by atoms with Gasteiger partial charge in [0, 0.05) is 12.6 Å². The van der Waals surface area contributed by atoms with E-state index in [4.69, 9.17) is 0 Å². The lowest BCUT2D eigenvalue weighted by Crippen LogP contribution is -2.49. The topological polar surface area (TPSA) is 12.0 Å². The number of hydrogen-bond donors (Lipinski definition) is 1. The first-order chi connectivity index (χ1) is 8.43. The van der Waals surface area contributed by atoms with Crippen LogP contribution in [0.5, 0.6) is 0 Å². The summed E-state index contributed by atoms with van der Waals surface area (Å²) >= 11 is 1.82. The van der Waals surface area contributed by atoms with Crippen LogP contribution in [-0.4, -0.2) is 6.04 Å². The fourth-order valence-corrected chi connectivity index (χ4v) is 5.45. The first kappa shape index (κ1) is 12.7. The molecule has 0 spiro atoms. The van der Waals surface area contributed by atoms with Crippen LogP contribution in [-0.2, 0) is 6.54 Å². The summed E-state index contributed by atoms with van der Waals surface area (Å²) in [7, 11) is 0. The quantitative estimate of drug-likeness (QED) is 0.854. The molecule has 1 aromatic heterocycles. The maximum Gasteiger partial charge on any atom is 0.0219 e. The zero-order chi connectivity index (χ0) is 13.0. The van der Waals surface area contributed by atoms with Crippen LogP contribution in [0.2, 0.25) is 0 Å². The molecule has 0 aliphatic heterocycles. The molecular weight excluding hydrogens is 238 g/mol. The highest BCUT2D eigenvalue weighted by atomic mass is 32.1. The molecule has 0 radical (unpaired) electrons. The summed E-state index contributed by atoms with van der Waals surface area (Å²) in [5.41, 5.74) is 3.94. The van der Waals surface area contributed by atoms with Gasteiger partial charge in [-0.1, -0.05) is 20.8 Å². The number of nitrogens with one attached hydrogen (secondary N) is 1. The van der Waals surface area contributed by atoms with E-state index in [1.165, 1.54) is 30.4 Å². The molecule has 0 amide bonds. The SMILES string of the molecule is Cc1cscc1CNC1C2(C)CCC(C2)C1(C)C. The Morgan fingerprint density at radius 1 is 1.33 bits per heavy atom. The van der Waals surface area contributed by atoms with E-state index < -0.39 is 0 Å². The van der Waals surface area contributed by atoms with E-state index in [1.54, 1.807) is 0 Å². The van der Waals surface area contributed by atoms with Crippen LogP contribution < -0.4 is 5.32 Å². The van der Waals surface area contributed by atoms with Gasteiger partial charge in [-0.2, -0.15) is 11.3 Å². The second-order valence-electron chi connectivity index (χ2n) is 7.31. The summed E-state index contributed by atoms with van der Waals surface area (Å²) in [4.78, 5) is 0. The lowest BCUT2D eigenvalue weighted by atomic mass is 9.68. The summed E-state index contributed by atoms with van der Waals surface area (Å²) in [6.45, 7) is 10.7. The molecule has 18 heavy (non-hydrogen) atoms. The van der Waals surface area contributed by atoms with Gasteiger partial charge in [0.2, 0.25) is 0 Å². The van der Waals surface area contributed by atoms with Gasteiger partial charge >= 0.3 is 0 Å². The van der Waals surface area contributed by atoms with Crippen LogP contribution in [0.25, 0.3) is 0 Å². The molecule has 0 saturated heterocycles. The highest BCUT2D eigenvalue weighted by molar-refractivity contribution is 7.08. The van der Waals surface area contributed by atoms with Gasteiger partial charge in [0.1, 0.15) is 0 Å². The monoisotopic (exact) mass is 263 g/mol. The molecule has 1 N–H and O–H groups in total. The third-order valence-corrected chi connectivity index (χ3v) is 6.64. The predicted octanol–water partition coefficient (Wildman–Crippen LogP) is 4.36. The molecule has 1 aromatic rings. The Bertz CT molecular complexity index is 443. The largest absolute Gasteiger partial charge is 0.309 e. The first-order valence-electron chi connectivity index (χ1n) is 7.18. The van der Waals surface area contributed by atoms with Crippen molar-refractivity contribution in [1.29, 1.82) is 0 Å². The molecule has 2 saturated carbocycles. The standard InChI is InChI=1S/C16H25NS/c1-11-9-18-10-12(11)8-17-14-15(2,3)13-5-6-16(14,4)7-13/h9-10,13-14,17H,5-8H2,1-4H3. The fraction of sp³-hybridized carbons (Fsp3) is 0.750. The van der Waals surface area contributed by atoms with Gasteiger partial charge in [-0.15, -0.1) is 0 Å². The van der Waals surface area contributed by atoms with Gasteiger partial charge in [0.05, 0.1) is 0 Å². The van der Waals surface area contributed by atoms with Crippen molar-refractivity contribution in [2.24, 2.45) is 16.7 Å². The summed E-state index contributed by atoms with van der Waals surface area (Å²) < 4.78 is 0.